The van der Waals surface area contributed by atoms with Gasteiger partial charge in [0.1, 0.15) is 0 Å². The normalized spacial score (nSPS) is 10.2. The number of nitriles is 2. The fraction of sp³-hybridized carbons (Fsp3) is 0. The number of fused-ring (bicyclic) bond motifs is 5. The third kappa shape index (κ3) is 2.39. The van der Waals surface area contributed by atoms with Crippen molar-refractivity contribution in [1.82, 2.24) is 0 Å². The fourth-order valence-corrected chi connectivity index (χ4v) is 7.22. The summed E-state index contributed by atoms with van der Waals surface area (Å²) >= 11 is -0.0656. The monoisotopic (exact) mass is 462 g/mol. The van der Waals surface area contributed by atoms with Crippen LogP contribution in [0.2, 0.25) is 0 Å². The predicted molar refractivity (Wildman–Crippen MR) is 103 cm³/mol. The van der Waals surface area contributed by atoms with Crippen LogP contribution in [0.25, 0.3) is 51.1 Å². The van der Waals surface area contributed by atoms with Crippen LogP contribution in [-0.2, 0) is 0 Å². The second kappa shape index (κ2) is 6.33. The van der Waals surface area contributed by atoms with Crippen LogP contribution in [0.4, 0.5) is 0 Å². The molecule has 0 spiro atoms. The van der Waals surface area contributed by atoms with Crippen molar-refractivity contribution >= 4 is 70.5 Å². The van der Waals surface area contributed by atoms with Crippen molar-refractivity contribution in [3.8, 4) is 12.1 Å². The number of nitrogens with zero attached hydrogens (tertiary/aromatic N) is 4. The maximum absolute atomic E-state index is 9.14. The SMILES string of the molecule is [C-]#[N+]C([N+]#[C-])=c1cc2c(ccc3c4cc(=C(C#N)C#N)[se]c4ccc23)[se]1. The first kappa shape index (κ1) is 16.4. The number of benzene rings is 2. The van der Waals surface area contributed by atoms with E-state index in [2.05, 4.69) is 34.0 Å². The molecule has 2 aromatic heterocycles. The Morgan fingerprint density at radius 3 is 1.77 bits per heavy atom. The van der Waals surface area contributed by atoms with Gasteiger partial charge >= 0.3 is 161 Å². The number of hydrogen-bond donors (Lipinski definition) is 0. The number of hydrogen-bond acceptors (Lipinski definition) is 2. The quantitative estimate of drug-likeness (QED) is 0.299. The molecule has 118 valence electrons. The fourth-order valence-electron chi connectivity index (χ4n) is 2.95. The molecule has 0 saturated carbocycles. The van der Waals surface area contributed by atoms with E-state index in [-0.39, 0.29) is 40.4 Å². The Hall–Kier alpha value is -3.08. The average Bonchev–Trinajstić information content (AvgIpc) is 3.27. The molecule has 0 fully saturated rings. The summed E-state index contributed by atoms with van der Waals surface area (Å²) in [6.45, 7) is 14.4. The minimum atomic E-state index is -0.0383. The molecule has 6 heteroatoms. The van der Waals surface area contributed by atoms with Crippen LogP contribution in [0.3, 0.4) is 0 Å². The maximum atomic E-state index is 9.14. The van der Waals surface area contributed by atoms with Crippen molar-refractivity contribution in [2.45, 2.75) is 0 Å². The first-order chi connectivity index (χ1) is 12.7. The first-order valence-corrected chi connectivity index (χ1v) is 10.8. The van der Waals surface area contributed by atoms with E-state index in [1.807, 2.05) is 24.3 Å². The van der Waals surface area contributed by atoms with Crippen LogP contribution >= 0.6 is 0 Å². The Balaban J connectivity index is 2.17. The van der Waals surface area contributed by atoms with Crippen molar-refractivity contribution in [3.63, 3.8) is 0 Å². The van der Waals surface area contributed by atoms with Crippen molar-refractivity contribution in [2.24, 2.45) is 0 Å². The van der Waals surface area contributed by atoms with Gasteiger partial charge in [0.15, 0.2) is 0 Å². The van der Waals surface area contributed by atoms with E-state index in [1.54, 1.807) is 0 Å². The van der Waals surface area contributed by atoms with E-state index in [0.29, 0.717) is 0 Å². The zero-order valence-corrected chi connectivity index (χ0v) is 16.5. The van der Waals surface area contributed by atoms with Crippen LogP contribution in [0, 0.1) is 35.8 Å². The molecule has 0 atom stereocenters. The van der Waals surface area contributed by atoms with Crippen LogP contribution in [0.15, 0.2) is 36.4 Å². The molecule has 4 aromatic rings. The summed E-state index contributed by atoms with van der Waals surface area (Å²) in [7, 11) is 0. The van der Waals surface area contributed by atoms with Gasteiger partial charge in [-0.25, -0.2) is 0 Å². The van der Waals surface area contributed by atoms with Gasteiger partial charge in [-0.1, -0.05) is 0 Å². The molecule has 4 rings (SSSR count). The second-order valence-electron chi connectivity index (χ2n) is 5.42. The van der Waals surface area contributed by atoms with Gasteiger partial charge in [0.25, 0.3) is 0 Å². The predicted octanol–water partition coefficient (Wildman–Crippen LogP) is 2.36. The van der Waals surface area contributed by atoms with Crippen molar-refractivity contribution in [3.05, 3.63) is 67.4 Å². The molecule has 0 aliphatic heterocycles. The van der Waals surface area contributed by atoms with Crippen LogP contribution in [0.5, 0.6) is 0 Å². The molecule has 0 radical (unpaired) electrons. The Kier molecular flexibility index (Phi) is 3.99. The summed E-state index contributed by atoms with van der Waals surface area (Å²) in [6.07, 6.45) is 0. The van der Waals surface area contributed by atoms with E-state index in [0.717, 1.165) is 29.7 Å². The molecule has 0 aliphatic rings. The molecule has 4 nitrogen and oxygen atoms in total. The van der Waals surface area contributed by atoms with Crippen molar-refractivity contribution < 1.29 is 0 Å². The van der Waals surface area contributed by atoms with Gasteiger partial charge in [-0.15, -0.1) is 0 Å². The van der Waals surface area contributed by atoms with Crippen LogP contribution < -0.4 is 8.19 Å². The van der Waals surface area contributed by atoms with E-state index in [4.69, 9.17) is 23.7 Å². The molecule has 0 N–H and O–H groups in total. The van der Waals surface area contributed by atoms with Gasteiger partial charge in [0, 0.05) is 0 Å². The van der Waals surface area contributed by atoms with Crippen molar-refractivity contribution in [1.29, 1.82) is 10.5 Å². The molecule has 0 aliphatic carbocycles. The van der Waals surface area contributed by atoms with E-state index < -0.39 is 0 Å². The zero-order valence-electron chi connectivity index (χ0n) is 13.1. The molecule has 0 bridgehead atoms. The second-order valence-corrected chi connectivity index (χ2v) is 9.96. The summed E-state index contributed by atoms with van der Waals surface area (Å²) in [5, 5.41) is 22.6. The molecular formula is C20H6N4Se2. The zero-order chi connectivity index (χ0) is 18.3. The van der Waals surface area contributed by atoms with Gasteiger partial charge in [-0.3, -0.25) is 0 Å². The molecule has 0 saturated heterocycles. The van der Waals surface area contributed by atoms with E-state index >= 15 is 0 Å². The topological polar surface area (TPSA) is 56.3 Å². The Morgan fingerprint density at radius 1 is 0.769 bits per heavy atom. The summed E-state index contributed by atoms with van der Waals surface area (Å²) in [5.74, 6) is 0.156. The molecule has 0 unspecified atom stereocenters. The minimum absolute atomic E-state index is 0.0273. The Bertz CT molecular complexity index is 1370. The molecule has 26 heavy (non-hydrogen) atoms. The third-order valence-electron chi connectivity index (χ3n) is 4.10. The summed E-state index contributed by atoms with van der Waals surface area (Å²) < 4.78 is 4.00. The van der Waals surface area contributed by atoms with Crippen LogP contribution in [-0.4, -0.2) is 29.0 Å². The van der Waals surface area contributed by atoms with Gasteiger partial charge in [-0.05, 0) is 0 Å². The van der Waals surface area contributed by atoms with Gasteiger partial charge in [0.2, 0.25) is 0 Å². The third-order valence-corrected chi connectivity index (χ3v) is 8.74. The van der Waals surface area contributed by atoms with Crippen molar-refractivity contribution in [2.75, 3.05) is 0 Å². The van der Waals surface area contributed by atoms with Gasteiger partial charge in [0.05, 0.1) is 0 Å². The van der Waals surface area contributed by atoms with E-state index in [9.17, 15) is 0 Å². The summed E-state index contributed by atoms with van der Waals surface area (Å²) in [5.41, 5.74) is 0.189. The Labute approximate surface area is 160 Å². The van der Waals surface area contributed by atoms with Gasteiger partial charge in [-0.2, -0.15) is 0 Å². The Morgan fingerprint density at radius 2 is 1.27 bits per heavy atom. The standard InChI is InChI=1S/C20H6N4Se2/c1-23-20(24-2)19-8-15-13-3-5-16-14(12(13)4-6-17(15)26-19)7-18(25-16)11(9-21)10-22/h3-8H. The molecule has 2 aromatic carbocycles. The number of rotatable bonds is 0. The van der Waals surface area contributed by atoms with E-state index in [1.165, 1.54) is 8.52 Å². The molecular weight excluding hydrogens is 454 g/mol. The molecule has 2 heterocycles. The van der Waals surface area contributed by atoms with Gasteiger partial charge < -0.3 is 0 Å². The summed E-state index contributed by atoms with van der Waals surface area (Å²) in [6, 6.07) is 16.2. The molecule has 0 amide bonds. The average molecular weight is 460 g/mol. The summed E-state index contributed by atoms with van der Waals surface area (Å²) in [4.78, 5) is 6.69. The van der Waals surface area contributed by atoms with Crippen LogP contribution in [0.1, 0.15) is 0 Å². The first-order valence-electron chi connectivity index (χ1n) is 7.38.